The number of carbonyl (C=O) groups excluding carboxylic acids is 1. The Kier molecular flexibility index (Phi) is 6.36. The molecule has 1 atom stereocenters. The van der Waals surface area contributed by atoms with Crippen LogP contribution in [0.2, 0.25) is 0 Å². The quantitative estimate of drug-likeness (QED) is 0.836. The summed E-state index contributed by atoms with van der Waals surface area (Å²) in [5, 5.41) is 14.2. The SMILES string of the molecule is CCOc1ccc(CN(C)[C@H](C)C(=O)Nc2sccc2C#N)cc1. The van der Waals surface area contributed by atoms with Crippen LogP contribution in [0, 0.1) is 11.3 Å². The molecular weight excluding hydrogens is 322 g/mol. The maximum absolute atomic E-state index is 12.4. The van der Waals surface area contributed by atoms with E-state index in [-0.39, 0.29) is 11.9 Å². The highest BCUT2D eigenvalue weighted by Crippen LogP contribution is 2.22. The lowest BCUT2D eigenvalue weighted by Crippen LogP contribution is -2.39. The molecule has 0 unspecified atom stereocenters. The molecule has 0 bridgehead atoms. The van der Waals surface area contributed by atoms with E-state index in [1.54, 1.807) is 11.4 Å². The molecule has 1 aromatic heterocycles. The van der Waals surface area contributed by atoms with Gasteiger partial charge in [-0.1, -0.05) is 12.1 Å². The van der Waals surface area contributed by atoms with Crippen LogP contribution in [0.5, 0.6) is 5.75 Å². The van der Waals surface area contributed by atoms with Crippen molar-refractivity contribution in [2.75, 3.05) is 19.0 Å². The Labute approximate surface area is 146 Å². The Morgan fingerprint density at radius 1 is 1.38 bits per heavy atom. The molecule has 0 spiro atoms. The van der Waals surface area contributed by atoms with Gasteiger partial charge >= 0.3 is 0 Å². The molecule has 0 saturated carbocycles. The maximum Gasteiger partial charge on any atom is 0.242 e. The number of benzene rings is 1. The fraction of sp³-hybridized carbons (Fsp3) is 0.333. The van der Waals surface area contributed by atoms with Gasteiger partial charge in [0.25, 0.3) is 0 Å². The van der Waals surface area contributed by atoms with Crippen molar-refractivity contribution < 1.29 is 9.53 Å². The first-order chi connectivity index (χ1) is 11.5. The van der Waals surface area contributed by atoms with Gasteiger partial charge in [0.05, 0.1) is 18.2 Å². The summed E-state index contributed by atoms with van der Waals surface area (Å²) >= 11 is 1.35. The van der Waals surface area contributed by atoms with E-state index in [4.69, 9.17) is 10.00 Å². The minimum Gasteiger partial charge on any atom is -0.494 e. The van der Waals surface area contributed by atoms with E-state index in [2.05, 4.69) is 11.4 Å². The number of rotatable bonds is 7. The Balaban J connectivity index is 1.94. The van der Waals surface area contributed by atoms with E-state index in [1.807, 2.05) is 50.1 Å². The predicted molar refractivity (Wildman–Crippen MR) is 96.2 cm³/mol. The molecule has 1 N–H and O–H groups in total. The zero-order valence-corrected chi connectivity index (χ0v) is 14.9. The number of hydrogen-bond donors (Lipinski definition) is 1. The predicted octanol–water partition coefficient (Wildman–Crippen LogP) is 3.48. The molecule has 1 heterocycles. The van der Waals surface area contributed by atoms with E-state index >= 15 is 0 Å². The normalized spacial score (nSPS) is 11.8. The fourth-order valence-electron chi connectivity index (χ4n) is 2.19. The van der Waals surface area contributed by atoms with E-state index < -0.39 is 0 Å². The van der Waals surface area contributed by atoms with Gasteiger partial charge in [0, 0.05) is 6.54 Å². The zero-order valence-electron chi connectivity index (χ0n) is 14.1. The first-order valence-corrected chi connectivity index (χ1v) is 8.63. The Morgan fingerprint density at radius 2 is 2.08 bits per heavy atom. The number of nitrogens with one attached hydrogen (secondary N) is 1. The summed E-state index contributed by atoms with van der Waals surface area (Å²) in [4.78, 5) is 14.3. The first-order valence-electron chi connectivity index (χ1n) is 7.75. The van der Waals surface area contributed by atoms with Gasteiger partial charge in [-0.2, -0.15) is 5.26 Å². The third kappa shape index (κ3) is 4.57. The summed E-state index contributed by atoms with van der Waals surface area (Å²) in [5.41, 5.74) is 1.60. The second-order valence-corrected chi connectivity index (χ2v) is 6.35. The molecule has 1 amide bonds. The van der Waals surface area contributed by atoms with Crippen LogP contribution in [0.4, 0.5) is 5.00 Å². The van der Waals surface area contributed by atoms with Gasteiger partial charge in [0.1, 0.15) is 16.8 Å². The lowest BCUT2D eigenvalue weighted by molar-refractivity contribution is -0.120. The average Bonchev–Trinajstić information content (AvgIpc) is 3.03. The topological polar surface area (TPSA) is 65.4 Å². The standard InChI is InChI=1S/C18H21N3O2S/c1-4-23-16-7-5-14(6-8-16)12-21(3)13(2)17(22)20-18-15(11-19)9-10-24-18/h5-10,13H,4,12H2,1-3H3,(H,20,22)/t13-/m1/s1. The van der Waals surface area contributed by atoms with Crippen molar-refractivity contribution in [2.24, 2.45) is 0 Å². The van der Waals surface area contributed by atoms with Crippen molar-refractivity contribution in [1.29, 1.82) is 5.26 Å². The number of carbonyl (C=O) groups is 1. The third-order valence-corrected chi connectivity index (χ3v) is 4.56. The summed E-state index contributed by atoms with van der Waals surface area (Å²) in [6.07, 6.45) is 0. The molecule has 0 radical (unpaired) electrons. The highest BCUT2D eigenvalue weighted by atomic mass is 32.1. The van der Waals surface area contributed by atoms with Gasteiger partial charge in [-0.3, -0.25) is 9.69 Å². The summed E-state index contributed by atoms with van der Waals surface area (Å²) in [7, 11) is 1.90. The molecule has 0 aliphatic carbocycles. The van der Waals surface area contributed by atoms with Crippen LogP contribution in [0.1, 0.15) is 25.0 Å². The molecule has 0 aliphatic heterocycles. The Hall–Kier alpha value is -2.36. The van der Waals surface area contributed by atoms with E-state index in [0.717, 1.165) is 11.3 Å². The fourth-order valence-corrected chi connectivity index (χ4v) is 2.93. The molecular formula is C18H21N3O2S. The first kappa shape index (κ1) is 18.0. The molecule has 1 aromatic carbocycles. The minimum absolute atomic E-state index is 0.123. The van der Waals surface area contributed by atoms with Crippen molar-refractivity contribution in [3.63, 3.8) is 0 Å². The highest BCUT2D eigenvalue weighted by Gasteiger charge is 2.19. The summed E-state index contributed by atoms with van der Waals surface area (Å²) in [5.74, 6) is 0.721. The second-order valence-electron chi connectivity index (χ2n) is 5.43. The molecule has 126 valence electrons. The number of amides is 1. The van der Waals surface area contributed by atoms with Crippen molar-refractivity contribution in [1.82, 2.24) is 4.90 Å². The van der Waals surface area contributed by atoms with Gasteiger partial charge in [-0.25, -0.2) is 0 Å². The van der Waals surface area contributed by atoms with Crippen LogP contribution in [0.15, 0.2) is 35.7 Å². The number of anilines is 1. The highest BCUT2D eigenvalue weighted by molar-refractivity contribution is 7.14. The molecule has 6 heteroatoms. The van der Waals surface area contributed by atoms with Crippen LogP contribution in [0.3, 0.4) is 0 Å². The summed E-state index contributed by atoms with van der Waals surface area (Å²) in [6, 6.07) is 11.3. The molecule has 0 aliphatic rings. The average molecular weight is 343 g/mol. The van der Waals surface area contributed by atoms with Crippen molar-refractivity contribution >= 4 is 22.2 Å². The van der Waals surface area contributed by atoms with E-state index in [1.165, 1.54) is 11.3 Å². The molecule has 2 rings (SSSR count). The van der Waals surface area contributed by atoms with Crippen LogP contribution < -0.4 is 10.1 Å². The van der Waals surface area contributed by atoms with E-state index in [9.17, 15) is 4.79 Å². The number of nitriles is 1. The van der Waals surface area contributed by atoms with Crippen LogP contribution in [-0.4, -0.2) is 30.5 Å². The van der Waals surface area contributed by atoms with Crippen molar-refractivity contribution in [2.45, 2.75) is 26.4 Å². The van der Waals surface area contributed by atoms with Gasteiger partial charge in [-0.15, -0.1) is 11.3 Å². The largest absolute Gasteiger partial charge is 0.494 e. The van der Waals surface area contributed by atoms with Crippen molar-refractivity contribution in [3.05, 3.63) is 46.8 Å². The Bertz CT molecular complexity index is 719. The smallest absolute Gasteiger partial charge is 0.242 e. The van der Waals surface area contributed by atoms with Gasteiger partial charge in [-0.05, 0) is 50.0 Å². The Morgan fingerprint density at radius 3 is 2.71 bits per heavy atom. The minimum atomic E-state index is -0.315. The van der Waals surface area contributed by atoms with E-state index in [0.29, 0.717) is 23.7 Å². The van der Waals surface area contributed by atoms with Crippen LogP contribution in [-0.2, 0) is 11.3 Å². The number of hydrogen-bond acceptors (Lipinski definition) is 5. The summed E-state index contributed by atoms with van der Waals surface area (Å²) < 4.78 is 5.43. The number of ether oxygens (including phenoxy) is 1. The monoisotopic (exact) mass is 343 g/mol. The van der Waals surface area contributed by atoms with Crippen molar-refractivity contribution in [3.8, 4) is 11.8 Å². The molecule has 2 aromatic rings. The number of thiophene rings is 1. The second kappa shape index (κ2) is 8.48. The third-order valence-electron chi connectivity index (χ3n) is 3.73. The zero-order chi connectivity index (χ0) is 17.5. The van der Waals surface area contributed by atoms with Crippen LogP contribution in [0.25, 0.3) is 0 Å². The lowest BCUT2D eigenvalue weighted by atomic mass is 10.2. The van der Waals surface area contributed by atoms with Gasteiger partial charge in [0.15, 0.2) is 0 Å². The molecule has 5 nitrogen and oxygen atoms in total. The van der Waals surface area contributed by atoms with Crippen LogP contribution >= 0.6 is 11.3 Å². The molecule has 0 fully saturated rings. The maximum atomic E-state index is 12.4. The molecule has 24 heavy (non-hydrogen) atoms. The number of nitrogens with zero attached hydrogens (tertiary/aromatic N) is 2. The molecule has 0 saturated heterocycles. The summed E-state index contributed by atoms with van der Waals surface area (Å²) in [6.45, 7) is 5.09. The van der Waals surface area contributed by atoms with Gasteiger partial charge in [0.2, 0.25) is 5.91 Å². The van der Waals surface area contributed by atoms with Gasteiger partial charge < -0.3 is 10.1 Å². The lowest BCUT2D eigenvalue weighted by Gasteiger charge is -2.23. The number of likely N-dealkylation sites (N-methyl/N-ethyl adjacent to an activating group) is 1.